The Morgan fingerprint density at radius 1 is 0.773 bits per heavy atom. The molecule has 0 aliphatic heterocycles. The highest BCUT2D eigenvalue weighted by molar-refractivity contribution is 5.75. The highest BCUT2D eigenvalue weighted by Gasteiger charge is 2.02. The molecule has 128 valence electrons. The molecular formula is C20H37NO. The maximum atomic E-state index is 11.4. The number of rotatable bonds is 14. The molecule has 0 unspecified atom stereocenters. The van der Waals surface area contributed by atoms with Gasteiger partial charge >= 0.3 is 0 Å². The fourth-order valence-electron chi connectivity index (χ4n) is 2.33. The van der Waals surface area contributed by atoms with Gasteiger partial charge in [-0.3, -0.25) is 4.79 Å². The standard InChI is InChI=1S/C20H37NO/c1-4-5-6-7-8-9-10-11-12-13-14-15-16-17-18-19-20(22)21(2)3/h9-12H,4-8,13-19H2,1-3H3/b10-9+,12-11+. The number of hydrogen-bond donors (Lipinski definition) is 0. The lowest BCUT2D eigenvalue weighted by molar-refractivity contribution is -0.128. The van der Waals surface area contributed by atoms with Crippen LogP contribution >= 0.6 is 0 Å². The molecule has 0 spiro atoms. The van der Waals surface area contributed by atoms with Gasteiger partial charge in [-0.05, 0) is 32.1 Å². The second kappa shape index (κ2) is 16.3. The summed E-state index contributed by atoms with van der Waals surface area (Å²) in [5, 5.41) is 0. The van der Waals surface area contributed by atoms with Gasteiger partial charge in [0.05, 0.1) is 0 Å². The van der Waals surface area contributed by atoms with Crippen molar-refractivity contribution in [1.82, 2.24) is 4.90 Å². The molecule has 0 radical (unpaired) electrons. The minimum absolute atomic E-state index is 0.254. The zero-order valence-electron chi connectivity index (χ0n) is 15.2. The minimum atomic E-state index is 0.254. The quantitative estimate of drug-likeness (QED) is 0.289. The summed E-state index contributed by atoms with van der Waals surface area (Å²) in [7, 11) is 3.66. The van der Waals surface area contributed by atoms with E-state index in [0.29, 0.717) is 6.42 Å². The van der Waals surface area contributed by atoms with Crippen LogP contribution < -0.4 is 0 Å². The number of carbonyl (C=O) groups is 1. The Morgan fingerprint density at radius 2 is 1.27 bits per heavy atom. The highest BCUT2D eigenvalue weighted by Crippen LogP contribution is 2.08. The average molecular weight is 308 g/mol. The molecule has 0 saturated carbocycles. The predicted molar refractivity (Wildman–Crippen MR) is 98.1 cm³/mol. The van der Waals surface area contributed by atoms with E-state index in [4.69, 9.17) is 0 Å². The van der Waals surface area contributed by atoms with E-state index in [-0.39, 0.29) is 5.91 Å². The highest BCUT2D eigenvalue weighted by atomic mass is 16.2. The molecule has 0 aliphatic carbocycles. The lowest BCUT2D eigenvalue weighted by Gasteiger charge is -2.09. The largest absolute Gasteiger partial charge is 0.349 e. The number of allylic oxidation sites excluding steroid dienone is 4. The van der Waals surface area contributed by atoms with Crippen LogP contribution in [0.25, 0.3) is 0 Å². The monoisotopic (exact) mass is 307 g/mol. The summed E-state index contributed by atoms with van der Waals surface area (Å²) in [6, 6.07) is 0. The van der Waals surface area contributed by atoms with E-state index in [1.807, 2.05) is 14.1 Å². The molecule has 0 aromatic heterocycles. The van der Waals surface area contributed by atoms with Crippen molar-refractivity contribution >= 4 is 5.91 Å². The fourth-order valence-corrected chi connectivity index (χ4v) is 2.33. The zero-order valence-corrected chi connectivity index (χ0v) is 15.2. The van der Waals surface area contributed by atoms with Gasteiger partial charge < -0.3 is 4.90 Å². The second-order valence-corrected chi connectivity index (χ2v) is 6.30. The molecule has 1 amide bonds. The summed E-state index contributed by atoms with van der Waals surface area (Å²) in [4.78, 5) is 13.1. The third-order valence-corrected chi connectivity index (χ3v) is 3.87. The molecule has 0 aromatic carbocycles. The SMILES string of the molecule is CCCCCC/C=C/C=C/CCCCCCCC(=O)N(C)C. The van der Waals surface area contributed by atoms with Crippen molar-refractivity contribution in [2.75, 3.05) is 14.1 Å². The Kier molecular flexibility index (Phi) is 15.5. The first kappa shape index (κ1) is 20.9. The molecule has 0 N–H and O–H groups in total. The number of amides is 1. The Labute approximate surface area is 138 Å². The molecule has 0 bridgehead atoms. The van der Waals surface area contributed by atoms with Crippen LogP contribution in [0.15, 0.2) is 24.3 Å². The van der Waals surface area contributed by atoms with E-state index >= 15 is 0 Å². The number of unbranched alkanes of at least 4 members (excludes halogenated alkanes) is 9. The van der Waals surface area contributed by atoms with Crippen molar-refractivity contribution in [3.63, 3.8) is 0 Å². The van der Waals surface area contributed by atoms with Crippen molar-refractivity contribution in [1.29, 1.82) is 0 Å². The average Bonchev–Trinajstić information content (AvgIpc) is 2.50. The lowest BCUT2D eigenvalue weighted by Crippen LogP contribution is -2.20. The van der Waals surface area contributed by atoms with Crippen LogP contribution in [0.3, 0.4) is 0 Å². The molecule has 22 heavy (non-hydrogen) atoms. The molecule has 0 fully saturated rings. The van der Waals surface area contributed by atoms with E-state index in [1.165, 1.54) is 64.2 Å². The first-order chi connectivity index (χ1) is 10.7. The van der Waals surface area contributed by atoms with Gasteiger partial charge in [-0.1, -0.05) is 69.8 Å². The Balaban J connectivity index is 3.26. The van der Waals surface area contributed by atoms with E-state index < -0.39 is 0 Å². The predicted octanol–water partition coefficient (Wildman–Crippen LogP) is 5.89. The van der Waals surface area contributed by atoms with Crippen LogP contribution in [0.5, 0.6) is 0 Å². The summed E-state index contributed by atoms with van der Waals surface area (Å²) >= 11 is 0. The molecule has 2 nitrogen and oxygen atoms in total. The van der Waals surface area contributed by atoms with Crippen molar-refractivity contribution in [3.05, 3.63) is 24.3 Å². The summed E-state index contributed by atoms with van der Waals surface area (Å²) in [5.41, 5.74) is 0. The molecule has 0 atom stereocenters. The Hall–Kier alpha value is -1.05. The van der Waals surface area contributed by atoms with Crippen molar-refractivity contribution in [2.24, 2.45) is 0 Å². The summed E-state index contributed by atoms with van der Waals surface area (Å²) in [6.45, 7) is 2.25. The van der Waals surface area contributed by atoms with Gasteiger partial charge in [-0.25, -0.2) is 0 Å². The Morgan fingerprint density at radius 3 is 1.82 bits per heavy atom. The maximum Gasteiger partial charge on any atom is 0.222 e. The van der Waals surface area contributed by atoms with Crippen LogP contribution in [0, 0.1) is 0 Å². The topological polar surface area (TPSA) is 20.3 Å². The van der Waals surface area contributed by atoms with E-state index in [1.54, 1.807) is 4.90 Å². The zero-order chi connectivity index (χ0) is 16.5. The minimum Gasteiger partial charge on any atom is -0.349 e. The number of hydrogen-bond acceptors (Lipinski definition) is 1. The summed E-state index contributed by atoms with van der Waals surface area (Å²) in [6.07, 6.45) is 23.4. The van der Waals surface area contributed by atoms with Gasteiger partial charge in [-0.15, -0.1) is 0 Å². The number of nitrogens with zero attached hydrogens (tertiary/aromatic N) is 1. The van der Waals surface area contributed by atoms with Crippen molar-refractivity contribution < 1.29 is 4.79 Å². The van der Waals surface area contributed by atoms with Gasteiger partial charge in [0.15, 0.2) is 0 Å². The third-order valence-electron chi connectivity index (χ3n) is 3.87. The van der Waals surface area contributed by atoms with Crippen LogP contribution in [-0.2, 0) is 4.79 Å². The Bertz CT molecular complexity index is 305. The van der Waals surface area contributed by atoms with Gasteiger partial charge in [0.2, 0.25) is 5.91 Å². The maximum absolute atomic E-state index is 11.4. The van der Waals surface area contributed by atoms with Crippen LogP contribution in [0.4, 0.5) is 0 Å². The van der Waals surface area contributed by atoms with Crippen LogP contribution in [0.1, 0.15) is 84.0 Å². The van der Waals surface area contributed by atoms with E-state index in [9.17, 15) is 4.79 Å². The molecule has 0 heterocycles. The lowest BCUT2D eigenvalue weighted by atomic mass is 10.1. The molecule has 0 rings (SSSR count). The van der Waals surface area contributed by atoms with Gasteiger partial charge in [0, 0.05) is 20.5 Å². The molecule has 0 aliphatic rings. The fraction of sp³-hybridized carbons (Fsp3) is 0.750. The van der Waals surface area contributed by atoms with Crippen LogP contribution in [-0.4, -0.2) is 24.9 Å². The van der Waals surface area contributed by atoms with Gasteiger partial charge in [0.25, 0.3) is 0 Å². The van der Waals surface area contributed by atoms with Crippen molar-refractivity contribution in [3.8, 4) is 0 Å². The molecular weight excluding hydrogens is 270 g/mol. The number of carbonyl (C=O) groups excluding carboxylic acids is 1. The third kappa shape index (κ3) is 15.3. The molecule has 0 saturated heterocycles. The second-order valence-electron chi connectivity index (χ2n) is 6.30. The van der Waals surface area contributed by atoms with Gasteiger partial charge in [-0.2, -0.15) is 0 Å². The summed E-state index contributed by atoms with van der Waals surface area (Å²) in [5.74, 6) is 0.254. The van der Waals surface area contributed by atoms with Gasteiger partial charge in [0.1, 0.15) is 0 Å². The first-order valence-corrected chi connectivity index (χ1v) is 9.20. The normalized spacial score (nSPS) is 11.6. The summed E-state index contributed by atoms with van der Waals surface area (Å²) < 4.78 is 0. The van der Waals surface area contributed by atoms with Crippen LogP contribution in [0.2, 0.25) is 0 Å². The first-order valence-electron chi connectivity index (χ1n) is 9.20. The van der Waals surface area contributed by atoms with E-state index in [0.717, 1.165) is 6.42 Å². The molecule has 2 heteroatoms. The van der Waals surface area contributed by atoms with E-state index in [2.05, 4.69) is 31.2 Å². The smallest absolute Gasteiger partial charge is 0.222 e. The van der Waals surface area contributed by atoms with Crippen molar-refractivity contribution in [2.45, 2.75) is 84.0 Å². The molecule has 0 aromatic rings.